The molecule has 0 radical (unpaired) electrons. The van der Waals surface area contributed by atoms with Crippen LogP contribution in [0.4, 0.5) is 19.0 Å². The molecule has 1 N–H and O–H groups in total. The Morgan fingerprint density at radius 3 is 2.45 bits per heavy atom. The van der Waals surface area contributed by atoms with Gasteiger partial charge in [0.25, 0.3) is 0 Å². The first-order valence-electron chi connectivity index (χ1n) is 5.99. The van der Waals surface area contributed by atoms with Gasteiger partial charge in [-0.3, -0.25) is 0 Å². The van der Waals surface area contributed by atoms with E-state index in [9.17, 15) is 13.2 Å². The smallest absolute Gasteiger partial charge is 0.373 e. The van der Waals surface area contributed by atoms with Gasteiger partial charge >= 0.3 is 6.18 Å². The summed E-state index contributed by atoms with van der Waals surface area (Å²) in [4.78, 5) is 8.13. The van der Waals surface area contributed by atoms with Crippen molar-refractivity contribution in [1.82, 2.24) is 19.7 Å². The Morgan fingerprint density at radius 2 is 1.95 bits per heavy atom. The molecule has 2 aromatic heterocycles. The Hall–Kier alpha value is -2.12. The van der Waals surface area contributed by atoms with E-state index in [0.717, 1.165) is 17.1 Å². The zero-order valence-corrected chi connectivity index (χ0v) is 11.2. The van der Waals surface area contributed by atoms with Gasteiger partial charge < -0.3 is 5.32 Å². The highest BCUT2D eigenvalue weighted by atomic mass is 19.4. The van der Waals surface area contributed by atoms with Gasteiger partial charge in [-0.2, -0.15) is 18.3 Å². The molecule has 0 aliphatic carbocycles. The number of nitrogens with zero attached hydrogens (tertiary/aromatic N) is 4. The van der Waals surface area contributed by atoms with Crippen molar-refractivity contribution in [2.75, 3.05) is 12.4 Å². The standard InChI is InChI=1S/C12H14F3N5/c1-7(2)9-10(16-3)17-6-18-11(9)20-5-8(4-19-20)12(13,14)15/h4-7H,1-3H3,(H,16,17,18). The molecule has 0 bridgehead atoms. The van der Waals surface area contributed by atoms with Crippen molar-refractivity contribution in [3.8, 4) is 5.82 Å². The minimum Gasteiger partial charge on any atom is -0.373 e. The second-order valence-corrected chi connectivity index (χ2v) is 4.54. The third-order valence-corrected chi connectivity index (χ3v) is 2.80. The zero-order chi connectivity index (χ0) is 14.9. The quantitative estimate of drug-likeness (QED) is 0.942. The number of aromatic nitrogens is 4. The summed E-state index contributed by atoms with van der Waals surface area (Å²) in [5.41, 5.74) is -0.0938. The lowest BCUT2D eigenvalue weighted by Gasteiger charge is -2.15. The molecule has 0 aromatic carbocycles. The average molecular weight is 285 g/mol. The number of anilines is 1. The van der Waals surface area contributed by atoms with E-state index in [0.29, 0.717) is 17.2 Å². The molecule has 20 heavy (non-hydrogen) atoms. The summed E-state index contributed by atoms with van der Waals surface area (Å²) in [6.07, 6.45) is -1.42. The van der Waals surface area contributed by atoms with E-state index in [-0.39, 0.29) is 5.92 Å². The number of halogens is 3. The Bertz CT molecular complexity index is 603. The fourth-order valence-electron chi connectivity index (χ4n) is 1.88. The van der Waals surface area contributed by atoms with Crippen LogP contribution in [0.2, 0.25) is 0 Å². The van der Waals surface area contributed by atoms with Crippen molar-refractivity contribution in [3.05, 3.63) is 29.8 Å². The van der Waals surface area contributed by atoms with E-state index in [2.05, 4.69) is 20.4 Å². The summed E-state index contributed by atoms with van der Waals surface area (Å²) in [5.74, 6) is 0.955. The molecule has 108 valence electrons. The van der Waals surface area contributed by atoms with Crippen LogP contribution in [-0.4, -0.2) is 26.8 Å². The Balaban J connectivity index is 2.55. The van der Waals surface area contributed by atoms with E-state index in [4.69, 9.17) is 0 Å². The van der Waals surface area contributed by atoms with E-state index in [1.54, 1.807) is 7.05 Å². The van der Waals surface area contributed by atoms with Gasteiger partial charge in [-0.15, -0.1) is 0 Å². The van der Waals surface area contributed by atoms with Crippen LogP contribution in [-0.2, 0) is 6.18 Å². The van der Waals surface area contributed by atoms with Gasteiger partial charge in [0.05, 0.1) is 11.8 Å². The maximum atomic E-state index is 12.6. The molecule has 0 unspecified atom stereocenters. The van der Waals surface area contributed by atoms with E-state index < -0.39 is 11.7 Å². The van der Waals surface area contributed by atoms with Gasteiger partial charge in [0.2, 0.25) is 0 Å². The third-order valence-electron chi connectivity index (χ3n) is 2.80. The van der Waals surface area contributed by atoms with Gasteiger partial charge in [0.1, 0.15) is 12.1 Å². The van der Waals surface area contributed by atoms with Crippen molar-refractivity contribution in [3.63, 3.8) is 0 Å². The fraction of sp³-hybridized carbons (Fsp3) is 0.417. The van der Waals surface area contributed by atoms with Crippen LogP contribution in [0.5, 0.6) is 0 Å². The maximum absolute atomic E-state index is 12.6. The molecule has 0 aliphatic rings. The Labute approximate surface area is 113 Å². The zero-order valence-electron chi connectivity index (χ0n) is 11.2. The van der Waals surface area contributed by atoms with Crippen LogP contribution in [0.3, 0.4) is 0 Å². The van der Waals surface area contributed by atoms with Crippen LogP contribution in [0.25, 0.3) is 5.82 Å². The van der Waals surface area contributed by atoms with E-state index in [1.807, 2.05) is 13.8 Å². The second-order valence-electron chi connectivity index (χ2n) is 4.54. The van der Waals surface area contributed by atoms with Crippen LogP contribution in [0, 0.1) is 0 Å². The topological polar surface area (TPSA) is 55.6 Å². The van der Waals surface area contributed by atoms with Crippen LogP contribution in [0.1, 0.15) is 30.9 Å². The lowest BCUT2D eigenvalue weighted by Crippen LogP contribution is -2.10. The lowest BCUT2D eigenvalue weighted by molar-refractivity contribution is -0.137. The highest BCUT2D eigenvalue weighted by Gasteiger charge is 2.32. The molecular formula is C12H14F3N5. The van der Waals surface area contributed by atoms with Gasteiger partial charge in [-0.1, -0.05) is 13.8 Å². The molecular weight excluding hydrogens is 271 g/mol. The van der Waals surface area contributed by atoms with Crippen molar-refractivity contribution < 1.29 is 13.2 Å². The summed E-state index contributed by atoms with van der Waals surface area (Å²) >= 11 is 0. The van der Waals surface area contributed by atoms with Gasteiger partial charge in [-0.05, 0) is 5.92 Å². The molecule has 0 amide bonds. The summed E-state index contributed by atoms with van der Waals surface area (Å²) in [6, 6.07) is 0. The molecule has 0 spiro atoms. The highest BCUT2D eigenvalue weighted by molar-refractivity contribution is 5.53. The predicted octanol–water partition coefficient (Wildman–Crippen LogP) is 2.85. The average Bonchev–Trinajstić information content (AvgIpc) is 2.86. The van der Waals surface area contributed by atoms with Gasteiger partial charge in [0.15, 0.2) is 5.82 Å². The predicted molar refractivity (Wildman–Crippen MR) is 67.8 cm³/mol. The first-order valence-corrected chi connectivity index (χ1v) is 5.99. The molecule has 0 atom stereocenters. The molecule has 2 rings (SSSR count). The van der Waals surface area contributed by atoms with Gasteiger partial charge in [0, 0.05) is 18.8 Å². The minimum atomic E-state index is -4.42. The summed E-state index contributed by atoms with van der Waals surface area (Å²) in [5, 5.41) is 6.66. The largest absolute Gasteiger partial charge is 0.419 e. The van der Waals surface area contributed by atoms with E-state index >= 15 is 0 Å². The summed E-state index contributed by atoms with van der Waals surface area (Å²) in [6.45, 7) is 3.83. The van der Waals surface area contributed by atoms with Crippen LogP contribution < -0.4 is 5.32 Å². The molecule has 0 saturated heterocycles. The number of hydrogen-bond donors (Lipinski definition) is 1. The maximum Gasteiger partial charge on any atom is 0.419 e. The summed E-state index contributed by atoms with van der Waals surface area (Å²) in [7, 11) is 1.70. The molecule has 2 heterocycles. The number of nitrogens with one attached hydrogen (secondary N) is 1. The Morgan fingerprint density at radius 1 is 1.25 bits per heavy atom. The molecule has 0 saturated carbocycles. The SMILES string of the molecule is CNc1ncnc(-n2cc(C(F)(F)F)cn2)c1C(C)C. The van der Waals surface area contributed by atoms with Crippen molar-refractivity contribution in [2.24, 2.45) is 0 Å². The first kappa shape index (κ1) is 14.3. The van der Waals surface area contributed by atoms with E-state index in [1.165, 1.54) is 6.33 Å². The first-order chi connectivity index (χ1) is 9.34. The van der Waals surface area contributed by atoms with Crippen LogP contribution in [0.15, 0.2) is 18.7 Å². The number of alkyl halides is 3. The van der Waals surface area contributed by atoms with Crippen molar-refractivity contribution in [2.45, 2.75) is 25.9 Å². The molecule has 8 heteroatoms. The van der Waals surface area contributed by atoms with Crippen molar-refractivity contribution >= 4 is 5.82 Å². The van der Waals surface area contributed by atoms with Crippen LogP contribution >= 0.6 is 0 Å². The highest BCUT2D eigenvalue weighted by Crippen LogP contribution is 2.31. The monoisotopic (exact) mass is 285 g/mol. The minimum absolute atomic E-state index is 0.0344. The third kappa shape index (κ3) is 2.59. The normalized spacial score (nSPS) is 11.9. The molecule has 0 fully saturated rings. The van der Waals surface area contributed by atoms with Gasteiger partial charge in [-0.25, -0.2) is 14.6 Å². The number of hydrogen-bond acceptors (Lipinski definition) is 4. The fourth-order valence-corrected chi connectivity index (χ4v) is 1.88. The molecule has 0 aliphatic heterocycles. The molecule has 2 aromatic rings. The number of rotatable bonds is 3. The lowest BCUT2D eigenvalue weighted by atomic mass is 10.0. The Kier molecular flexibility index (Phi) is 3.65. The molecule has 5 nitrogen and oxygen atoms in total. The second kappa shape index (κ2) is 5.10. The van der Waals surface area contributed by atoms with Crippen molar-refractivity contribution in [1.29, 1.82) is 0 Å². The summed E-state index contributed by atoms with van der Waals surface area (Å²) < 4.78 is 39.0.